The highest BCUT2D eigenvalue weighted by Gasteiger charge is 2.35. The van der Waals surface area contributed by atoms with Gasteiger partial charge in [-0.3, -0.25) is 0 Å². The monoisotopic (exact) mass is 286 g/mol. The van der Waals surface area contributed by atoms with E-state index in [2.05, 4.69) is 12.2 Å². The van der Waals surface area contributed by atoms with Gasteiger partial charge in [0.2, 0.25) is 0 Å². The minimum absolute atomic E-state index is 0.323. The highest BCUT2D eigenvalue weighted by atomic mass is 19.4. The molecule has 1 heterocycles. The van der Waals surface area contributed by atoms with Crippen molar-refractivity contribution in [2.75, 3.05) is 25.0 Å². The third-order valence-electron chi connectivity index (χ3n) is 3.74. The first-order valence-electron chi connectivity index (χ1n) is 7.01. The van der Waals surface area contributed by atoms with E-state index in [1.165, 1.54) is 6.07 Å². The Morgan fingerprint density at radius 3 is 2.70 bits per heavy atom. The van der Waals surface area contributed by atoms with Crippen LogP contribution >= 0.6 is 0 Å². The van der Waals surface area contributed by atoms with E-state index in [-0.39, 0.29) is 0 Å². The third-order valence-corrected chi connectivity index (χ3v) is 3.74. The second-order valence-electron chi connectivity index (χ2n) is 5.57. The summed E-state index contributed by atoms with van der Waals surface area (Å²) in [5, 5.41) is 2.89. The lowest BCUT2D eigenvalue weighted by Crippen LogP contribution is -2.35. The average Bonchev–Trinajstić information content (AvgIpc) is 2.38. The molecule has 0 aromatic heterocycles. The number of alkyl halides is 3. The lowest BCUT2D eigenvalue weighted by atomic mass is 9.98. The van der Waals surface area contributed by atoms with Crippen LogP contribution in [-0.2, 0) is 12.7 Å². The zero-order valence-corrected chi connectivity index (χ0v) is 11.9. The zero-order valence-electron chi connectivity index (χ0n) is 11.9. The molecule has 1 fully saturated rings. The molecule has 112 valence electrons. The van der Waals surface area contributed by atoms with Crippen LogP contribution in [0.3, 0.4) is 0 Å². The lowest BCUT2D eigenvalue weighted by Gasteiger charge is -2.34. The van der Waals surface area contributed by atoms with Gasteiger partial charge in [-0.2, -0.15) is 13.2 Å². The first-order valence-corrected chi connectivity index (χ1v) is 7.01. The van der Waals surface area contributed by atoms with Crippen molar-refractivity contribution in [2.24, 2.45) is 5.92 Å². The summed E-state index contributed by atoms with van der Waals surface area (Å²) >= 11 is 0. The summed E-state index contributed by atoms with van der Waals surface area (Å²) in [4.78, 5) is 1.88. The Labute approximate surface area is 118 Å². The number of nitrogens with zero attached hydrogens (tertiary/aromatic N) is 1. The van der Waals surface area contributed by atoms with E-state index < -0.39 is 11.7 Å². The van der Waals surface area contributed by atoms with Crippen molar-refractivity contribution < 1.29 is 13.2 Å². The maximum Gasteiger partial charge on any atom is 0.418 e. The summed E-state index contributed by atoms with van der Waals surface area (Å²) in [6, 6.07) is 4.67. The Bertz CT molecular complexity index is 457. The number of benzene rings is 1. The van der Waals surface area contributed by atoms with Crippen molar-refractivity contribution in [1.29, 1.82) is 0 Å². The van der Waals surface area contributed by atoms with Gasteiger partial charge in [-0.05, 0) is 43.5 Å². The molecular formula is C15H21F3N2. The van der Waals surface area contributed by atoms with Gasteiger partial charge >= 0.3 is 6.18 Å². The average molecular weight is 286 g/mol. The molecule has 2 rings (SSSR count). The molecule has 20 heavy (non-hydrogen) atoms. The Hall–Kier alpha value is -1.23. The van der Waals surface area contributed by atoms with Crippen LogP contribution in [0, 0.1) is 5.92 Å². The largest absolute Gasteiger partial charge is 0.418 e. The Morgan fingerprint density at radius 2 is 2.10 bits per heavy atom. The Morgan fingerprint density at radius 1 is 1.35 bits per heavy atom. The molecule has 1 aliphatic heterocycles. The van der Waals surface area contributed by atoms with E-state index in [1.807, 2.05) is 4.90 Å². The molecule has 0 radical (unpaired) electrons. The van der Waals surface area contributed by atoms with E-state index in [4.69, 9.17) is 0 Å². The summed E-state index contributed by atoms with van der Waals surface area (Å²) in [6.45, 7) is 3.95. The molecule has 1 aromatic rings. The SMILES string of the molecule is CNCc1ccc(N2CCCC(C)C2)c(C(F)(F)F)c1. The van der Waals surface area contributed by atoms with Crippen LogP contribution in [0.4, 0.5) is 18.9 Å². The van der Waals surface area contributed by atoms with Crippen molar-refractivity contribution in [3.8, 4) is 0 Å². The van der Waals surface area contributed by atoms with Gasteiger partial charge in [0, 0.05) is 25.3 Å². The second-order valence-corrected chi connectivity index (χ2v) is 5.57. The van der Waals surface area contributed by atoms with E-state index in [9.17, 15) is 13.2 Å². The van der Waals surface area contributed by atoms with Crippen molar-refractivity contribution in [3.63, 3.8) is 0 Å². The molecule has 5 heteroatoms. The summed E-state index contributed by atoms with van der Waals surface area (Å²) in [7, 11) is 1.73. The highest BCUT2D eigenvalue weighted by molar-refractivity contribution is 5.56. The van der Waals surface area contributed by atoms with Gasteiger partial charge in [-0.25, -0.2) is 0 Å². The molecule has 0 bridgehead atoms. The number of nitrogens with one attached hydrogen (secondary N) is 1. The van der Waals surface area contributed by atoms with Gasteiger partial charge in [0.1, 0.15) is 0 Å². The predicted molar refractivity (Wildman–Crippen MR) is 74.8 cm³/mol. The summed E-state index contributed by atoms with van der Waals surface area (Å²) in [5.74, 6) is 0.446. The number of hydrogen-bond acceptors (Lipinski definition) is 2. The summed E-state index contributed by atoms with van der Waals surface area (Å²) in [5.41, 5.74) is 0.469. The topological polar surface area (TPSA) is 15.3 Å². The van der Waals surface area contributed by atoms with Crippen molar-refractivity contribution in [3.05, 3.63) is 29.3 Å². The fourth-order valence-electron chi connectivity index (χ4n) is 2.81. The van der Waals surface area contributed by atoms with Crippen LogP contribution in [-0.4, -0.2) is 20.1 Å². The van der Waals surface area contributed by atoms with Crippen LogP contribution in [0.1, 0.15) is 30.9 Å². The van der Waals surface area contributed by atoms with Gasteiger partial charge in [0.25, 0.3) is 0 Å². The lowest BCUT2D eigenvalue weighted by molar-refractivity contribution is -0.137. The van der Waals surface area contributed by atoms with Crippen LogP contribution in [0.5, 0.6) is 0 Å². The third kappa shape index (κ3) is 3.45. The zero-order chi connectivity index (χ0) is 14.8. The maximum absolute atomic E-state index is 13.3. The molecule has 1 aliphatic rings. The molecule has 1 aromatic carbocycles. The molecule has 0 aliphatic carbocycles. The molecule has 1 unspecified atom stereocenters. The minimum Gasteiger partial charge on any atom is -0.371 e. The molecule has 0 amide bonds. The number of halogens is 3. The number of piperidine rings is 1. The van der Waals surface area contributed by atoms with E-state index >= 15 is 0 Å². The molecule has 1 N–H and O–H groups in total. The first-order chi connectivity index (χ1) is 9.41. The number of anilines is 1. The van der Waals surface area contributed by atoms with Gasteiger partial charge < -0.3 is 10.2 Å². The molecule has 0 spiro atoms. The standard InChI is InChI=1S/C15H21F3N2/c1-11-4-3-7-20(10-11)14-6-5-12(9-19-2)8-13(14)15(16,17)18/h5-6,8,11,19H,3-4,7,9-10H2,1-2H3. The fourth-order valence-corrected chi connectivity index (χ4v) is 2.81. The summed E-state index contributed by atoms with van der Waals surface area (Å²) in [6.07, 6.45) is -2.26. The minimum atomic E-state index is -4.31. The number of rotatable bonds is 3. The Balaban J connectivity index is 2.36. The molecule has 0 saturated carbocycles. The Kier molecular flexibility index (Phi) is 4.58. The van der Waals surface area contributed by atoms with Crippen LogP contribution < -0.4 is 10.2 Å². The smallest absolute Gasteiger partial charge is 0.371 e. The summed E-state index contributed by atoms with van der Waals surface area (Å²) < 4.78 is 39.8. The van der Waals surface area contributed by atoms with Crippen molar-refractivity contribution >= 4 is 5.69 Å². The van der Waals surface area contributed by atoms with Gasteiger partial charge in [-0.1, -0.05) is 13.0 Å². The number of hydrogen-bond donors (Lipinski definition) is 1. The van der Waals surface area contributed by atoms with Gasteiger partial charge in [0.05, 0.1) is 5.56 Å². The van der Waals surface area contributed by atoms with E-state index in [0.29, 0.717) is 36.8 Å². The van der Waals surface area contributed by atoms with E-state index in [1.54, 1.807) is 19.2 Å². The fraction of sp³-hybridized carbons (Fsp3) is 0.600. The molecule has 1 saturated heterocycles. The van der Waals surface area contributed by atoms with E-state index in [0.717, 1.165) is 12.8 Å². The first kappa shape index (κ1) is 15.2. The van der Waals surface area contributed by atoms with Gasteiger partial charge in [-0.15, -0.1) is 0 Å². The van der Waals surface area contributed by atoms with Crippen molar-refractivity contribution in [1.82, 2.24) is 5.32 Å². The molecular weight excluding hydrogens is 265 g/mol. The predicted octanol–water partition coefficient (Wildman–Crippen LogP) is 3.66. The molecule has 1 atom stereocenters. The maximum atomic E-state index is 13.3. The van der Waals surface area contributed by atoms with Crippen molar-refractivity contribution in [2.45, 2.75) is 32.5 Å². The van der Waals surface area contributed by atoms with Gasteiger partial charge in [0.15, 0.2) is 0 Å². The van der Waals surface area contributed by atoms with Crippen LogP contribution in [0.2, 0.25) is 0 Å². The second kappa shape index (κ2) is 6.04. The normalized spacial score (nSPS) is 20.2. The quantitative estimate of drug-likeness (QED) is 0.912. The molecule has 2 nitrogen and oxygen atoms in total. The van der Waals surface area contributed by atoms with Crippen LogP contribution in [0.25, 0.3) is 0 Å². The van der Waals surface area contributed by atoms with Crippen LogP contribution in [0.15, 0.2) is 18.2 Å². The highest BCUT2D eigenvalue weighted by Crippen LogP contribution is 2.38.